The van der Waals surface area contributed by atoms with Crippen LogP contribution in [0.25, 0.3) is 5.69 Å². The minimum atomic E-state index is -0.122. The molecule has 0 aliphatic rings. The maximum atomic E-state index is 9.33. The average molecular weight is 300 g/mol. The Morgan fingerprint density at radius 3 is 2.58 bits per heavy atom. The van der Waals surface area contributed by atoms with Crippen LogP contribution in [0.2, 0.25) is 10.0 Å². The number of hydrogen-bond acceptors (Lipinski definition) is 3. The van der Waals surface area contributed by atoms with E-state index in [1.54, 1.807) is 16.8 Å². The predicted octanol–water partition coefficient (Wildman–Crippen LogP) is 3.26. The summed E-state index contributed by atoms with van der Waals surface area (Å²) in [6, 6.07) is 5.29. The van der Waals surface area contributed by atoms with Gasteiger partial charge in [-0.25, -0.2) is 4.68 Å². The van der Waals surface area contributed by atoms with Crippen LogP contribution in [0, 0.1) is 5.92 Å². The van der Waals surface area contributed by atoms with E-state index in [4.69, 9.17) is 23.2 Å². The van der Waals surface area contributed by atoms with Gasteiger partial charge in [0.25, 0.3) is 0 Å². The number of hydrogen-bond donors (Lipinski definition) is 1. The number of aliphatic hydroxyl groups excluding tert-OH is 1. The molecular weight excluding hydrogens is 285 g/mol. The third kappa shape index (κ3) is 3.08. The van der Waals surface area contributed by atoms with Crippen molar-refractivity contribution in [1.29, 1.82) is 0 Å². The summed E-state index contributed by atoms with van der Waals surface area (Å²) >= 11 is 11.9. The monoisotopic (exact) mass is 299 g/mol. The Kier molecular flexibility index (Phi) is 4.45. The number of rotatable bonds is 4. The van der Waals surface area contributed by atoms with Crippen LogP contribution in [-0.4, -0.2) is 20.1 Å². The van der Waals surface area contributed by atoms with E-state index in [0.717, 1.165) is 17.8 Å². The van der Waals surface area contributed by atoms with Gasteiger partial charge >= 0.3 is 0 Å². The minimum Gasteiger partial charge on any atom is -0.390 e. The first-order valence-corrected chi connectivity index (χ1v) is 6.78. The summed E-state index contributed by atoms with van der Waals surface area (Å²) in [6.45, 7) is 4.09. The molecule has 102 valence electrons. The van der Waals surface area contributed by atoms with Crippen LogP contribution >= 0.6 is 23.2 Å². The van der Waals surface area contributed by atoms with Crippen LogP contribution < -0.4 is 0 Å². The van der Waals surface area contributed by atoms with Crippen molar-refractivity contribution >= 4 is 23.2 Å². The summed E-state index contributed by atoms with van der Waals surface area (Å²) in [4.78, 5) is 0. The van der Waals surface area contributed by atoms with Gasteiger partial charge in [0.1, 0.15) is 5.69 Å². The lowest BCUT2D eigenvalue weighted by Gasteiger charge is -2.10. The van der Waals surface area contributed by atoms with Crippen LogP contribution in [0.4, 0.5) is 0 Å². The Labute approximate surface area is 122 Å². The van der Waals surface area contributed by atoms with E-state index in [9.17, 15) is 5.11 Å². The average Bonchev–Trinajstić information content (AvgIpc) is 2.75. The summed E-state index contributed by atoms with van der Waals surface area (Å²) in [6.07, 6.45) is 0.781. The molecule has 2 aromatic rings. The van der Waals surface area contributed by atoms with Crippen molar-refractivity contribution in [3.8, 4) is 5.69 Å². The Hall–Kier alpha value is -1.10. The minimum absolute atomic E-state index is 0.122. The van der Waals surface area contributed by atoms with Crippen molar-refractivity contribution in [1.82, 2.24) is 15.0 Å². The van der Waals surface area contributed by atoms with E-state index >= 15 is 0 Å². The first kappa shape index (κ1) is 14.3. The number of aliphatic hydroxyl groups is 1. The molecule has 1 aromatic heterocycles. The molecule has 0 unspecified atom stereocenters. The van der Waals surface area contributed by atoms with Crippen LogP contribution in [0.3, 0.4) is 0 Å². The summed E-state index contributed by atoms with van der Waals surface area (Å²) in [7, 11) is 0. The van der Waals surface area contributed by atoms with Gasteiger partial charge in [0.15, 0.2) is 0 Å². The summed E-state index contributed by atoms with van der Waals surface area (Å²) in [5.41, 5.74) is 2.29. The fraction of sp³-hybridized carbons (Fsp3) is 0.385. The third-order valence-corrected chi connectivity index (χ3v) is 3.48. The molecule has 2 rings (SSSR count). The molecular formula is C13H15Cl2N3O. The zero-order valence-electron chi connectivity index (χ0n) is 10.8. The molecule has 0 saturated heterocycles. The van der Waals surface area contributed by atoms with Gasteiger partial charge in [-0.05, 0) is 30.5 Å². The highest BCUT2D eigenvalue weighted by molar-refractivity contribution is 6.42. The first-order chi connectivity index (χ1) is 9.02. The van der Waals surface area contributed by atoms with Crippen LogP contribution in [0.5, 0.6) is 0 Å². The van der Waals surface area contributed by atoms with Crippen molar-refractivity contribution in [2.24, 2.45) is 5.92 Å². The quantitative estimate of drug-likeness (QED) is 0.943. The van der Waals surface area contributed by atoms with Crippen molar-refractivity contribution in [2.75, 3.05) is 0 Å². The Morgan fingerprint density at radius 1 is 1.26 bits per heavy atom. The fourth-order valence-electron chi connectivity index (χ4n) is 1.87. The Bertz CT molecular complexity index is 581. The van der Waals surface area contributed by atoms with Gasteiger partial charge in [0.05, 0.1) is 28.0 Å². The lowest BCUT2D eigenvalue weighted by atomic mass is 10.1. The molecule has 4 nitrogen and oxygen atoms in total. The zero-order valence-corrected chi connectivity index (χ0v) is 12.3. The molecule has 1 heterocycles. The molecule has 19 heavy (non-hydrogen) atoms. The second-order valence-corrected chi connectivity index (χ2v) is 5.56. The van der Waals surface area contributed by atoms with Crippen LogP contribution in [-0.2, 0) is 13.0 Å². The summed E-state index contributed by atoms with van der Waals surface area (Å²) < 4.78 is 1.70. The van der Waals surface area contributed by atoms with E-state index in [2.05, 4.69) is 24.2 Å². The van der Waals surface area contributed by atoms with Crippen molar-refractivity contribution in [2.45, 2.75) is 26.9 Å². The highest BCUT2D eigenvalue weighted by atomic mass is 35.5. The lowest BCUT2D eigenvalue weighted by molar-refractivity contribution is 0.275. The van der Waals surface area contributed by atoms with Crippen molar-refractivity contribution in [3.63, 3.8) is 0 Å². The topological polar surface area (TPSA) is 50.9 Å². The molecule has 0 amide bonds. The van der Waals surface area contributed by atoms with Crippen molar-refractivity contribution < 1.29 is 5.11 Å². The number of halogens is 2. The second-order valence-electron chi connectivity index (χ2n) is 4.75. The molecule has 0 bridgehead atoms. The zero-order chi connectivity index (χ0) is 14.0. The maximum Gasteiger partial charge on any atom is 0.112 e. The SMILES string of the molecule is CC(C)Cc1c(CO)nnn1-c1ccc(Cl)c(Cl)c1. The molecule has 0 fully saturated rings. The maximum absolute atomic E-state index is 9.33. The van der Waals surface area contributed by atoms with Gasteiger partial charge < -0.3 is 5.11 Å². The smallest absolute Gasteiger partial charge is 0.112 e. The van der Waals surface area contributed by atoms with E-state index in [0.29, 0.717) is 21.7 Å². The predicted molar refractivity (Wildman–Crippen MR) is 75.8 cm³/mol. The number of nitrogens with zero attached hydrogens (tertiary/aromatic N) is 3. The Morgan fingerprint density at radius 2 is 2.00 bits per heavy atom. The molecule has 0 aliphatic heterocycles. The highest BCUT2D eigenvalue weighted by Gasteiger charge is 2.15. The first-order valence-electron chi connectivity index (χ1n) is 6.02. The van der Waals surface area contributed by atoms with Crippen LogP contribution in [0.15, 0.2) is 18.2 Å². The largest absolute Gasteiger partial charge is 0.390 e. The molecule has 1 N–H and O–H groups in total. The molecule has 6 heteroatoms. The van der Waals surface area contributed by atoms with E-state index in [1.165, 1.54) is 0 Å². The standard InChI is InChI=1S/C13H15Cl2N3O/c1-8(2)5-13-12(7-19)16-17-18(13)9-3-4-10(14)11(15)6-9/h3-4,6,8,19H,5,7H2,1-2H3. The van der Waals surface area contributed by atoms with Gasteiger partial charge in [-0.1, -0.05) is 42.3 Å². The molecule has 0 atom stereocenters. The number of aromatic nitrogens is 3. The molecule has 0 radical (unpaired) electrons. The fourth-order valence-corrected chi connectivity index (χ4v) is 2.16. The highest BCUT2D eigenvalue weighted by Crippen LogP contribution is 2.25. The second kappa shape index (κ2) is 5.90. The van der Waals surface area contributed by atoms with Crippen molar-refractivity contribution in [3.05, 3.63) is 39.6 Å². The molecule has 0 spiro atoms. The normalized spacial score (nSPS) is 11.3. The van der Waals surface area contributed by atoms with Gasteiger partial charge in [0, 0.05) is 0 Å². The number of benzene rings is 1. The van der Waals surface area contributed by atoms with E-state index < -0.39 is 0 Å². The Balaban J connectivity index is 2.48. The molecule has 0 saturated carbocycles. The summed E-state index contributed by atoms with van der Waals surface area (Å²) in [5.74, 6) is 0.435. The molecule has 0 aliphatic carbocycles. The summed E-state index contributed by atoms with van der Waals surface area (Å²) in [5, 5.41) is 18.4. The van der Waals surface area contributed by atoms with Gasteiger partial charge in [-0.2, -0.15) is 0 Å². The van der Waals surface area contributed by atoms with E-state index in [1.807, 2.05) is 6.07 Å². The third-order valence-electron chi connectivity index (χ3n) is 2.74. The van der Waals surface area contributed by atoms with Gasteiger partial charge in [0.2, 0.25) is 0 Å². The van der Waals surface area contributed by atoms with Gasteiger partial charge in [-0.15, -0.1) is 5.10 Å². The van der Waals surface area contributed by atoms with E-state index in [-0.39, 0.29) is 6.61 Å². The molecule has 1 aromatic carbocycles. The lowest BCUT2D eigenvalue weighted by Crippen LogP contribution is -2.07. The van der Waals surface area contributed by atoms with Gasteiger partial charge in [-0.3, -0.25) is 0 Å². The van der Waals surface area contributed by atoms with Crippen LogP contribution in [0.1, 0.15) is 25.2 Å².